The summed E-state index contributed by atoms with van der Waals surface area (Å²) in [6, 6.07) is 128. The van der Waals surface area contributed by atoms with Crippen molar-refractivity contribution in [3.05, 3.63) is 362 Å². The predicted octanol–water partition coefficient (Wildman–Crippen LogP) is 23.4. The molecule has 16 aromatic rings. The first-order valence-corrected chi connectivity index (χ1v) is 34.2. The molecule has 0 atom stereocenters. The Kier molecular flexibility index (Phi) is 14.2. The fraction of sp³-hybridized carbons (Fsp3) is 0.0426. The van der Waals surface area contributed by atoms with Crippen molar-refractivity contribution < 1.29 is 0 Å². The van der Waals surface area contributed by atoms with Gasteiger partial charge < -0.3 is 14.4 Å². The third kappa shape index (κ3) is 9.82. The van der Waals surface area contributed by atoms with Crippen molar-refractivity contribution in [1.29, 1.82) is 0 Å². The Morgan fingerprint density at radius 2 is 0.561 bits per heavy atom. The summed E-state index contributed by atoms with van der Waals surface area (Å²) < 4.78 is 2.54. The Hall–Kier alpha value is -12.2. The summed E-state index contributed by atoms with van der Waals surface area (Å²) in [5.41, 5.74) is 37.1. The summed E-state index contributed by atoms with van der Waals surface area (Å²) in [7, 11) is 0. The van der Waals surface area contributed by atoms with Crippen molar-refractivity contribution >= 4 is 79.0 Å². The van der Waals surface area contributed by atoms with Gasteiger partial charge in [0.05, 0.1) is 28.1 Å². The topological polar surface area (TPSA) is 11.4 Å². The average molecular weight is 1250 g/mol. The summed E-state index contributed by atoms with van der Waals surface area (Å²) in [6.45, 7) is 8.69. The lowest BCUT2D eigenvalue weighted by atomic mass is 9.33. The van der Waals surface area contributed by atoms with E-state index in [1.807, 2.05) is 0 Å². The van der Waals surface area contributed by atoms with Crippen LogP contribution < -0.4 is 26.2 Å². The van der Waals surface area contributed by atoms with E-state index >= 15 is 0 Å². The molecule has 0 amide bonds. The largest absolute Gasteiger partial charge is 0.310 e. The SMILES string of the molecule is Cc1ccc(-c2ccc3c(c2)N(c2c(-c4ccccc4)cc(-c4ccccc4)cc2-c2ccccc2)c2cc(-n4c5ccccc5c5ccccc54)cc4c2B3c2ccc(-c3ccc(C)cc3C)cc2N4c2c(-c3ccccc3)cc(-c3ccccc3)cc2-c2ccccc2)c(C)c1. The molecular formula is C94H68BN3. The smallest absolute Gasteiger partial charge is 0.252 e. The average Bonchev–Trinajstić information content (AvgIpc) is 1.09. The number of aromatic nitrogens is 1. The van der Waals surface area contributed by atoms with Gasteiger partial charge in [-0.1, -0.05) is 290 Å². The van der Waals surface area contributed by atoms with Gasteiger partial charge in [0, 0.05) is 55.8 Å². The zero-order chi connectivity index (χ0) is 65.5. The molecule has 0 fully saturated rings. The van der Waals surface area contributed by atoms with Crippen LogP contribution in [0.2, 0.25) is 0 Å². The fourth-order valence-corrected chi connectivity index (χ4v) is 16.1. The zero-order valence-corrected chi connectivity index (χ0v) is 55.3. The second-order valence-electron chi connectivity index (χ2n) is 26.6. The van der Waals surface area contributed by atoms with Crippen LogP contribution in [0.5, 0.6) is 0 Å². The molecule has 4 heteroatoms. The van der Waals surface area contributed by atoms with Crippen LogP contribution in [0.3, 0.4) is 0 Å². The first kappa shape index (κ1) is 58.4. The number of fused-ring (bicyclic) bond motifs is 7. The molecule has 2 aliphatic heterocycles. The third-order valence-corrected chi connectivity index (χ3v) is 20.5. The number of aryl methyl sites for hydroxylation is 4. The monoisotopic (exact) mass is 1250 g/mol. The van der Waals surface area contributed by atoms with Gasteiger partial charge in [-0.05, 0) is 183 Å². The summed E-state index contributed by atoms with van der Waals surface area (Å²) in [5.74, 6) is 0. The van der Waals surface area contributed by atoms with Crippen molar-refractivity contribution in [1.82, 2.24) is 4.57 Å². The van der Waals surface area contributed by atoms with Crippen molar-refractivity contribution in [2.75, 3.05) is 9.80 Å². The first-order valence-electron chi connectivity index (χ1n) is 34.2. The highest BCUT2D eigenvalue weighted by Gasteiger charge is 2.46. The summed E-state index contributed by atoms with van der Waals surface area (Å²) in [5, 5.41) is 2.41. The van der Waals surface area contributed by atoms with E-state index in [2.05, 4.69) is 382 Å². The highest BCUT2D eigenvalue weighted by Crippen LogP contribution is 2.56. The maximum Gasteiger partial charge on any atom is 0.252 e. The van der Waals surface area contributed by atoms with Gasteiger partial charge in [-0.2, -0.15) is 0 Å². The fourth-order valence-electron chi connectivity index (χ4n) is 16.1. The van der Waals surface area contributed by atoms with Crippen LogP contribution in [0, 0.1) is 27.7 Å². The van der Waals surface area contributed by atoms with Crippen LogP contribution in [0.1, 0.15) is 22.3 Å². The molecule has 18 rings (SSSR count). The van der Waals surface area contributed by atoms with E-state index in [1.165, 1.54) is 71.7 Å². The van der Waals surface area contributed by atoms with Crippen LogP contribution in [-0.2, 0) is 0 Å². The van der Waals surface area contributed by atoms with Gasteiger partial charge in [-0.25, -0.2) is 0 Å². The predicted molar refractivity (Wildman–Crippen MR) is 417 cm³/mol. The second-order valence-corrected chi connectivity index (χ2v) is 26.6. The van der Waals surface area contributed by atoms with Gasteiger partial charge in [0.15, 0.2) is 0 Å². The van der Waals surface area contributed by atoms with Gasteiger partial charge in [-0.3, -0.25) is 0 Å². The summed E-state index contributed by atoms with van der Waals surface area (Å²) in [6.07, 6.45) is 0. The first-order chi connectivity index (χ1) is 48.3. The molecule has 0 spiro atoms. The maximum atomic E-state index is 2.70. The van der Waals surface area contributed by atoms with E-state index in [-0.39, 0.29) is 6.71 Å². The Balaban J connectivity index is 1.06. The van der Waals surface area contributed by atoms with Crippen LogP contribution in [-0.4, -0.2) is 11.3 Å². The minimum Gasteiger partial charge on any atom is -0.310 e. The molecule has 3 nitrogen and oxygen atoms in total. The lowest BCUT2D eigenvalue weighted by Crippen LogP contribution is -2.61. The van der Waals surface area contributed by atoms with Crippen LogP contribution in [0.25, 0.3) is 117 Å². The Morgan fingerprint density at radius 3 is 0.908 bits per heavy atom. The van der Waals surface area contributed by atoms with Crippen molar-refractivity contribution in [2.24, 2.45) is 0 Å². The third-order valence-electron chi connectivity index (χ3n) is 20.5. The van der Waals surface area contributed by atoms with E-state index in [9.17, 15) is 0 Å². The Morgan fingerprint density at radius 1 is 0.235 bits per heavy atom. The molecule has 0 aliphatic carbocycles. The number of hydrogen-bond acceptors (Lipinski definition) is 2. The molecule has 0 saturated heterocycles. The number of rotatable bonds is 11. The Bertz CT molecular complexity index is 5310. The Labute approximate surface area is 574 Å². The molecule has 2 aliphatic rings. The molecule has 1 aromatic heterocycles. The van der Waals surface area contributed by atoms with E-state index in [1.54, 1.807) is 0 Å². The van der Waals surface area contributed by atoms with Gasteiger partial charge >= 0.3 is 0 Å². The van der Waals surface area contributed by atoms with E-state index in [4.69, 9.17) is 0 Å². The molecule has 15 aromatic carbocycles. The van der Waals surface area contributed by atoms with E-state index in [0.29, 0.717) is 0 Å². The van der Waals surface area contributed by atoms with Crippen LogP contribution >= 0.6 is 0 Å². The molecule has 3 heterocycles. The minimum absolute atomic E-state index is 0.237. The van der Waals surface area contributed by atoms with Crippen molar-refractivity contribution in [3.8, 4) is 94.7 Å². The molecule has 0 N–H and O–H groups in total. The number of nitrogens with zero attached hydrogens (tertiary/aromatic N) is 3. The van der Waals surface area contributed by atoms with Crippen LogP contribution in [0.4, 0.5) is 34.1 Å². The van der Waals surface area contributed by atoms with Crippen LogP contribution in [0.15, 0.2) is 340 Å². The quantitative estimate of drug-likeness (QED) is 0.120. The number of hydrogen-bond donors (Lipinski definition) is 0. The van der Waals surface area contributed by atoms with Gasteiger partial charge in [0.25, 0.3) is 6.71 Å². The number of benzene rings is 15. The molecule has 0 unspecified atom stereocenters. The van der Waals surface area contributed by atoms with E-state index < -0.39 is 0 Å². The van der Waals surface area contributed by atoms with E-state index in [0.717, 1.165) is 118 Å². The maximum absolute atomic E-state index is 2.70. The highest BCUT2D eigenvalue weighted by atomic mass is 15.2. The molecule has 462 valence electrons. The van der Waals surface area contributed by atoms with Crippen molar-refractivity contribution in [3.63, 3.8) is 0 Å². The van der Waals surface area contributed by atoms with Gasteiger partial charge in [0.1, 0.15) is 0 Å². The molecule has 0 radical (unpaired) electrons. The normalized spacial score (nSPS) is 12.2. The second kappa shape index (κ2) is 23.9. The van der Waals surface area contributed by atoms with Gasteiger partial charge in [0.2, 0.25) is 0 Å². The number of para-hydroxylation sites is 2. The lowest BCUT2D eigenvalue weighted by molar-refractivity contribution is 1.16. The summed E-state index contributed by atoms with van der Waals surface area (Å²) >= 11 is 0. The standard InChI is InChI=1S/C94H68BN3/c1-61-43-47-76(63(3)51-61)71-45-49-84-88(57-71)97(93-80(67-31-15-7-16-32-67)53-73(65-27-11-5-12-28-65)54-81(93)68-33-17-8-18-34-68)90-59-75(96-86-41-25-23-39-78(86)79-40-24-26-42-87(79)96)60-91-92(90)95(84)85-50-46-72(77-48-44-62(2)52-64(77)4)58-89(85)98(91)94-82(69-35-19-9-20-36-69)55-74(66-29-13-6-14-30-66)56-83(94)70-37-21-10-22-38-70/h5-60H,1-4H3. The molecule has 0 saturated carbocycles. The van der Waals surface area contributed by atoms with Crippen molar-refractivity contribution in [2.45, 2.75) is 27.7 Å². The number of anilines is 6. The summed E-state index contributed by atoms with van der Waals surface area (Å²) in [4.78, 5) is 5.41. The minimum atomic E-state index is -0.237. The van der Waals surface area contributed by atoms with Gasteiger partial charge in [-0.15, -0.1) is 0 Å². The molecule has 98 heavy (non-hydrogen) atoms. The lowest BCUT2D eigenvalue weighted by Gasteiger charge is -2.46. The molecule has 0 bridgehead atoms. The molecular weight excluding hydrogens is 1180 g/mol. The highest BCUT2D eigenvalue weighted by molar-refractivity contribution is 7.00. The zero-order valence-electron chi connectivity index (χ0n) is 55.3.